The van der Waals surface area contributed by atoms with Crippen LogP contribution in [0.4, 0.5) is 0 Å². The Kier molecular flexibility index (Phi) is 6.11. The molecule has 0 bridgehead atoms. The average Bonchev–Trinajstić information content (AvgIpc) is 2.48. The van der Waals surface area contributed by atoms with Crippen molar-refractivity contribution in [1.29, 1.82) is 0 Å². The summed E-state index contributed by atoms with van der Waals surface area (Å²) in [5, 5.41) is 0. The van der Waals surface area contributed by atoms with E-state index in [-0.39, 0.29) is 0 Å². The SMILES string of the molecule is CCC(C)N1CCN(CC2CCCCC2CN)CC1. The van der Waals surface area contributed by atoms with Crippen molar-refractivity contribution in [2.24, 2.45) is 17.6 Å². The first-order valence-corrected chi connectivity index (χ1v) is 8.41. The normalized spacial score (nSPS) is 32.4. The summed E-state index contributed by atoms with van der Waals surface area (Å²) in [6, 6.07) is 0.758. The van der Waals surface area contributed by atoms with Crippen LogP contribution in [-0.2, 0) is 0 Å². The third kappa shape index (κ3) is 4.17. The molecule has 1 heterocycles. The second kappa shape index (κ2) is 7.61. The minimum Gasteiger partial charge on any atom is -0.330 e. The molecule has 1 saturated heterocycles. The standard InChI is InChI=1S/C16H33N3/c1-3-14(2)19-10-8-18(9-11-19)13-16-7-5-4-6-15(16)12-17/h14-16H,3-13,17H2,1-2H3. The number of hydrogen-bond donors (Lipinski definition) is 1. The zero-order valence-corrected chi connectivity index (χ0v) is 13.0. The predicted octanol–water partition coefficient (Wildman–Crippen LogP) is 2.17. The van der Waals surface area contributed by atoms with E-state index in [0.29, 0.717) is 0 Å². The maximum absolute atomic E-state index is 5.95. The molecule has 1 saturated carbocycles. The molecule has 0 spiro atoms. The van der Waals surface area contributed by atoms with E-state index in [4.69, 9.17) is 5.73 Å². The number of hydrogen-bond acceptors (Lipinski definition) is 3. The molecule has 3 atom stereocenters. The van der Waals surface area contributed by atoms with Crippen LogP contribution in [0.2, 0.25) is 0 Å². The van der Waals surface area contributed by atoms with Gasteiger partial charge in [0, 0.05) is 38.8 Å². The van der Waals surface area contributed by atoms with Crippen LogP contribution >= 0.6 is 0 Å². The van der Waals surface area contributed by atoms with Gasteiger partial charge in [-0.3, -0.25) is 4.90 Å². The fraction of sp³-hybridized carbons (Fsp3) is 1.00. The number of nitrogens with two attached hydrogens (primary N) is 1. The lowest BCUT2D eigenvalue weighted by Crippen LogP contribution is -2.51. The van der Waals surface area contributed by atoms with Crippen LogP contribution in [0.3, 0.4) is 0 Å². The largest absolute Gasteiger partial charge is 0.330 e. The molecule has 0 aromatic carbocycles. The average molecular weight is 267 g/mol. The Balaban J connectivity index is 1.75. The highest BCUT2D eigenvalue weighted by molar-refractivity contribution is 4.82. The third-order valence-corrected chi connectivity index (χ3v) is 5.48. The summed E-state index contributed by atoms with van der Waals surface area (Å²) in [6.07, 6.45) is 6.88. The van der Waals surface area contributed by atoms with Gasteiger partial charge in [-0.05, 0) is 44.6 Å². The van der Waals surface area contributed by atoms with Gasteiger partial charge in [-0.1, -0.05) is 19.8 Å². The molecule has 0 aromatic heterocycles. The summed E-state index contributed by atoms with van der Waals surface area (Å²) in [4.78, 5) is 5.34. The van der Waals surface area contributed by atoms with Gasteiger partial charge in [-0.25, -0.2) is 0 Å². The van der Waals surface area contributed by atoms with Gasteiger partial charge in [-0.15, -0.1) is 0 Å². The summed E-state index contributed by atoms with van der Waals surface area (Å²) in [7, 11) is 0. The highest BCUT2D eigenvalue weighted by atomic mass is 15.3. The Morgan fingerprint density at radius 2 is 1.68 bits per heavy atom. The van der Waals surface area contributed by atoms with Gasteiger partial charge in [0.15, 0.2) is 0 Å². The second-order valence-corrected chi connectivity index (χ2v) is 6.63. The van der Waals surface area contributed by atoms with E-state index in [0.717, 1.165) is 24.4 Å². The first-order valence-electron chi connectivity index (χ1n) is 8.41. The van der Waals surface area contributed by atoms with E-state index < -0.39 is 0 Å². The Labute approximate surface area is 119 Å². The molecule has 2 rings (SSSR count). The number of rotatable bonds is 5. The smallest absolute Gasteiger partial charge is 0.0113 e. The van der Waals surface area contributed by atoms with Gasteiger partial charge in [0.25, 0.3) is 0 Å². The molecule has 0 aromatic rings. The summed E-state index contributed by atoms with van der Waals surface area (Å²) < 4.78 is 0. The zero-order valence-electron chi connectivity index (χ0n) is 13.0. The first-order chi connectivity index (χ1) is 9.24. The van der Waals surface area contributed by atoms with Crippen molar-refractivity contribution >= 4 is 0 Å². The maximum atomic E-state index is 5.95. The van der Waals surface area contributed by atoms with Gasteiger partial charge in [-0.2, -0.15) is 0 Å². The van der Waals surface area contributed by atoms with Crippen molar-refractivity contribution in [2.45, 2.75) is 52.0 Å². The Bertz CT molecular complexity index is 248. The van der Waals surface area contributed by atoms with Crippen LogP contribution in [0.25, 0.3) is 0 Å². The third-order valence-electron chi connectivity index (χ3n) is 5.48. The van der Waals surface area contributed by atoms with E-state index in [1.54, 1.807) is 0 Å². The Hall–Kier alpha value is -0.120. The molecule has 19 heavy (non-hydrogen) atoms. The quantitative estimate of drug-likeness (QED) is 0.828. The molecule has 0 radical (unpaired) electrons. The molecule has 2 N–H and O–H groups in total. The van der Waals surface area contributed by atoms with Gasteiger partial charge in [0.2, 0.25) is 0 Å². The molecule has 1 aliphatic heterocycles. The lowest BCUT2D eigenvalue weighted by molar-refractivity contribution is 0.0735. The highest BCUT2D eigenvalue weighted by Gasteiger charge is 2.27. The van der Waals surface area contributed by atoms with Crippen LogP contribution in [0.15, 0.2) is 0 Å². The Morgan fingerprint density at radius 3 is 2.26 bits per heavy atom. The molecule has 3 unspecified atom stereocenters. The van der Waals surface area contributed by atoms with Crippen molar-refractivity contribution < 1.29 is 0 Å². The molecule has 2 fully saturated rings. The van der Waals surface area contributed by atoms with Crippen LogP contribution in [-0.4, -0.2) is 55.1 Å². The topological polar surface area (TPSA) is 32.5 Å². The minimum atomic E-state index is 0.758. The lowest BCUT2D eigenvalue weighted by atomic mass is 9.79. The molecular weight excluding hydrogens is 234 g/mol. The molecule has 0 amide bonds. The van der Waals surface area contributed by atoms with Gasteiger partial charge in [0.1, 0.15) is 0 Å². The maximum Gasteiger partial charge on any atom is 0.0113 e. The van der Waals surface area contributed by atoms with Crippen molar-refractivity contribution in [3.63, 3.8) is 0 Å². The minimum absolute atomic E-state index is 0.758. The van der Waals surface area contributed by atoms with E-state index >= 15 is 0 Å². The van der Waals surface area contributed by atoms with Crippen molar-refractivity contribution in [2.75, 3.05) is 39.3 Å². The van der Waals surface area contributed by atoms with Crippen molar-refractivity contribution in [3.8, 4) is 0 Å². The van der Waals surface area contributed by atoms with E-state index in [2.05, 4.69) is 23.6 Å². The fourth-order valence-electron chi connectivity index (χ4n) is 3.81. The van der Waals surface area contributed by atoms with Crippen LogP contribution in [0.5, 0.6) is 0 Å². The molecule has 3 nitrogen and oxygen atoms in total. The second-order valence-electron chi connectivity index (χ2n) is 6.63. The highest BCUT2D eigenvalue weighted by Crippen LogP contribution is 2.30. The molecule has 2 aliphatic rings. The van der Waals surface area contributed by atoms with E-state index in [1.807, 2.05) is 0 Å². The number of nitrogens with zero attached hydrogens (tertiary/aromatic N) is 2. The molecular formula is C16H33N3. The summed E-state index contributed by atoms with van der Waals surface area (Å²) in [6.45, 7) is 11.9. The predicted molar refractivity (Wildman–Crippen MR) is 82.3 cm³/mol. The van der Waals surface area contributed by atoms with Crippen LogP contribution < -0.4 is 5.73 Å². The van der Waals surface area contributed by atoms with Crippen LogP contribution in [0.1, 0.15) is 46.0 Å². The summed E-state index contributed by atoms with van der Waals surface area (Å²) >= 11 is 0. The first kappa shape index (κ1) is 15.3. The van der Waals surface area contributed by atoms with Crippen molar-refractivity contribution in [1.82, 2.24) is 9.80 Å². The molecule has 112 valence electrons. The summed E-state index contributed by atoms with van der Waals surface area (Å²) in [5.41, 5.74) is 5.95. The molecule has 3 heteroatoms. The fourth-order valence-corrected chi connectivity index (χ4v) is 3.81. The van der Waals surface area contributed by atoms with Gasteiger partial charge < -0.3 is 10.6 Å². The van der Waals surface area contributed by atoms with Crippen molar-refractivity contribution in [3.05, 3.63) is 0 Å². The van der Waals surface area contributed by atoms with E-state index in [1.165, 1.54) is 64.8 Å². The molecule has 1 aliphatic carbocycles. The zero-order chi connectivity index (χ0) is 13.7. The monoisotopic (exact) mass is 267 g/mol. The Morgan fingerprint density at radius 1 is 1.05 bits per heavy atom. The van der Waals surface area contributed by atoms with Gasteiger partial charge in [0.05, 0.1) is 0 Å². The number of piperazine rings is 1. The van der Waals surface area contributed by atoms with Gasteiger partial charge >= 0.3 is 0 Å². The van der Waals surface area contributed by atoms with E-state index in [9.17, 15) is 0 Å². The van der Waals surface area contributed by atoms with Crippen LogP contribution in [0, 0.1) is 11.8 Å². The summed E-state index contributed by atoms with van der Waals surface area (Å²) in [5.74, 6) is 1.66. The lowest BCUT2D eigenvalue weighted by Gasteiger charge is -2.41.